The van der Waals surface area contributed by atoms with Gasteiger partial charge in [-0.05, 0) is 68.8 Å². The Morgan fingerprint density at radius 3 is 2.28 bits per heavy atom. The number of amides is 1. The highest BCUT2D eigenvalue weighted by Gasteiger charge is 2.27. The Kier molecular flexibility index (Phi) is 7.10. The minimum atomic E-state index is -3.44. The fourth-order valence-electron chi connectivity index (χ4n) is 3.25. The maximum atomic E-state index is 12.6. The first-order valence-electron chi connectivity index (χ1n) is 9.63. The zero-order valence-corrected chi connectivity index (χ0v) is 19.0. The molecule has 1 amide bonds. The lowest BCUT2D eigenvalue weighted by Crippen LogP contribution is -2.39. The summed E-state index contributed by atoms with van der Waals surface area (Å²) in [5, 5.41) is 2.87. The fraction of sp³-hybridized carbons (Fsp3) is 0.381. The average molecular weight is 480 g/mol. The number of sulfonamides is 1. The molecule has 3 rings (SSSR count). The minimum Gasteiger partial charge on any atom is -0.325 e. The van der Waals surface area contributed by atoms with Gasteiger partial charge in [0.05, 0.1) is 10.9 Å². The fourth-order valence-corrected chi connectivity index (χ4v) is 5.03. The van der Waals surface area contributed by atoms with Crippen molar-refractivity contribution in [1.29, 1.82) is 0 Å². The molecule has 1 aliphatic heterocycles. The third kappa shape index (κ3) is 5.45. The van der Waals surface area contributed by atoms with E-state index in [1.54, 1.807) is 24.3 Å². The molecule has 29 heavy (non-hydrogen) atoms. The number of likely N-dealkylation sites (N-methyl/N-ethyl adjacent to an activating group) is 1. The van der Waals surface area contributed by atoms with Crippen LogP contribution in [0.4, 0.5) is 5.69 Å². The highest BCUT2D eigenvalue weighted by Crippen LogP contribution is 2.22. The van der Waals surface area contributed by atoms with E-state index in [0.29, 0.717) is 25.3 Å². The van der Waals surface area contributed by atoms with Crippen LogP contribution in [-0.4, -0.2) is 49.7 Å². The van der Waals surface area contributed by atoms with Crippen LogP contribution in [0, 0.1) is 0 Å². The minimum absolute atomic E-state index is 0.139. The van der Waals surface area contributed by atoms with Crippen molar-refractivity contribution in [3.8, 4) is 0 Å². The highest BCUT2D eigenvalue weighted by atomic mass is 79.9. The van der Waals surface area contributed by atoms with Crippen molar-refractivity contribution in [1.82, 2.24) is 9.21 Å². The second kappa shape index (κ2) is 9.38. The molecule has 1 atom stereocenters. The predicted octanol–water partition coefficient (Wildman–Crippen LogP) is 3.69. The number of hydrogen-bond donors (Lipinski definition) is 1. The molecular formula is C21H26BrN3O3S. The second-order valence-electron chi connectivity index (χ2n) is 7.34. The van der Waals surface area contributed by atoms with Gasteiger partial charge in [-0.15, -0.1) is 0 Å². The summed E-state index contributed by atoms with van der Waals surface area (Å²) in [4.78, 5) is 14.8. The summed E-state index contributed by atoms with van der Waals surface area (Å²) in [5.41, 5.74) is 1.70. The molecule has 1 unspecified atom stereocenters. The molecule has 1 heterocycles. The van der Waals surface area contributed by atoms with Crippen LogP contribution in [0.5, 0.6) is 0 Å². The molecule has 2 aromatic rings. The maximum Gasteiger partial charge on any atom is 0.243 e. The molecule has 1 fully saturated rings. The summed E-state index contributed by atoms with van der Waals surface area (Å²) in [5.74, 6) is -0.139. The molecule has 0 aromatic heterocycles. The van der Waals surface area contributed by atoms with Gasteiger partial charge in [0.2, 0.25) is 15.9 Å². The quantitative estimate of drug-likeness (QED) is 0.657. The molecule has 0 bridgehead atoms. The Hall–Kier alpha value is -1.74. The van der Waals surface area contributed by atoms with Gasteiger partial charge in [0, 0.05) is 29.8 Å². The third-order valence-electron chi connectivity index (χ3n) is 5.21. The van der Waals surface area contributed by atoms with Gasteiger partial charge in [0.25, 0.3) is 0 Å². The number of benzene rings is 2. The monoisotopic (exact) mass is 479 g/mol. The van der Waals surface area contributed by atoms with Gasteiger partial charge in [-0.3, -0.25) is 9.69 Å². The van der Waals surface area contributed by atoms with Gasteiger partial charge in [-0.2, -0.15) is 4.31 Å². The van der Waals surface area contributed by atoms with E-state index in [4.69, 9.17) is 0 Å². The van der Waals surface area contributed by atoms with E-state index in [9.17, 15) is 13.2 Å². The Morgan fingerprint density at radius 2 is 1.69 bits per heavy atom. The van der Waals surface area contributed by atoms with Gasteiger partial charge in [-0.25, -0.2) is 8.42 Å². The van der Waals surface area contributed by atoms with Crippen molar-refractivity contribution in [2.45, 2.75) is 37.2 Å². The zero-order chi connectivity index (χ0) is 21.0. The predicted molar refractivity (Wildman–Crippen MR) is 118 cm³/mol. The number of carbonyl (C=O) groups excluding carboxylic acids is 1. The van der Waals surface area contributed by atoms with Crippen molar-refractivity contribution in [2.75, 3.05) is 25.5 Å². The first-order valence-corrected chi connectivity index (χ1v) is 11.9. The van der Waals surface area contributed by atoms with Gasteiger partial charge in [-0.1, -0.05) is 28.1 Å². The van der Waals surface area contributed by atoms with Crippen molar-refractivity contribution < 1.29 is 13.2 Å². The highest BCUT2D eigenvalue weighted by molar-refractivity contribution is 9.10. The largest absolute Gasteiger partial charge is 0.325 e. The molecule has 2 aromatic carbocycles. The van der Waals surface area contributed by atoms with Crippen LogP contribution in [0.2, 0.25) is 0 Å². The summed E-state index contributed by atoms with van der Waals surface area (Å²) in [6.07, 6.45) is 1.80. The molecule has 0 radical (unpaired) electrons. The van der Waals surface area contributed by atoms with Gasteiger partial charge >= 0.3 is 0 Å². The Labute approximate surface area is 181 Å². The van der Waals surface area contributed by atoms with Crippen LogP contribution in [-0.2, 0) is 21.4 Å². The van der Waals surface area contributed by atoms with Crippen molar-refractivity contribution >= 4 is 37.5 Å². The number of anilines is 1. The number of nitrogens with zero attached hydrogens (tertiary/aromatic N) is 2. The van der Waals surface area contributed by atoms with Crippen LogP contribution in [0.1, 0.15) is 25.3 Å². The van der Waals surface area contributed by atoms with Gasteiger partial charge in [0.1, 0.15) is 0 Å². The molecule has 1 aliphatic rings. The summed E-state index contributed by atoms with van der Waals surface area (Å²) in [7, 11) is -1.54. The smallest absolute Gasteiger partial charge is 0.243 e. The standard InChI is InChI=1S/C21H26BrN3O3S/c1-16(24(2)15-17-5-7-18(22)8-6-17)21(26)23-19-9-11-20(12-10-19)29(27,28)25-13-3-4-14-25/h5-12,16H,3-4,13-15H2,1-2H3,(H,23,26). The number of hydrogen-bond acceptors (Lipinski definition) is 4. The van der Waals surface area contributed by atoms with Gasteiger partial charge < -0.3 is 5.32 Å². The molecule has 0 saturated carbocycles. The normalized spacial score (nSPS) is 16.1. The molecular weight excluding hydrogens is 454 g/mol. The van der Waals surface area contributed by atoms with Crippen molar-refractivity contribution in [3.05, 3.63) is 58.6 Å². The van der Waals surface area contributed by atoms with E-state index < -0.39 is 10.0 Å². The lowest BCUT2D eigenvalue weighted by molar-refractivity contribution is -0.120. The van der Waals surface area contributed by atoms with E-state index in [1.165, 1.54) is 4.31 Å². The summed E-state index contributed by atoms with van der Waals surface area (Å²) >= 11 is 3.42. The topological polar surface area (TPSA) is 69.7 Å². The van der Waals surface area contributed by atoms with E-state index >= 15 is 0 Å². The molecule has 1 saturated heterocycles. The van der Waals surface area contributed by atoms with E-state index in [2.05, 4.69) is 21.2 Å². The van der Waals surface area contributed by atoms with Crippen LogP contribution in [0.3, 0.4) is 0 Å². The molecule has 156 valence electrons. The number of carbonyl (C=O) groups is 1. The van der Waals surface area contributed by atoms with Crippen molar-refractivity contribution in [2.24, 2.45) is 0 Å². The SMILES string of the molecule is CC(C(=O)Nc1ccc(S(=O)(=O)N2CCCC2)cc1)N(C)Cc1ccc(Br)cc1. The van der Waals surface area contributed by atoms with Gasteiger partial charge in [0.15, 0.2) is 0 Å². The lowest BCUT2D eigenvalue weighted by atomic mass is 10.2. The number of nitrogens with one attached hydrogen (secondary N) is 1. The first-order chi connectivity index (χ1) is 13.8. The van der Waals surface area contributed by atoms with Crippen LogP contribution < -0.4 is 5.32 Å². The summed E-state index contributed by atoms with van der Waals surface area (Å²) in [6, 6.07) is 14.0. The molecule has 6 nitrogen and oxygen atoms in total. The Morgan fingerprint density at radius 1 is 1.10 bits per heavy atom. The van der Waals surface area contributed by atoms with E-state index in [1.807, 2.05) is 43.1 Å². The van der Waals surface area contributed by atoms with E-state index in [0.717, 1.165) is 22.9 Å². The summed E-state index contributed by atoms with van der Waals surface area (Å²) < 4.78 is 27.7. The molecule has 0 spiro atoms. The average Bonchev–Trinajstić information content (AvgIpc) is 3.25. The Balaban J connectivity index is 1.60. The van der Waals surface area contributed by atoms with E-state index in [-0.39, 0.29) is 16.8 Å². The second-order valence-corrected chi connectivity index (χ2v) is 10.2. The molecule has 1 N–H and O–H groups in total. The molecule has 0 aliphatic carbocycles. The van der Waals surface area contributed by atoms with Crippen LogP contribution in [0.25, 0.3) is 0 Å². The third-order valence-corrected chi connectivity index (χ3v) is 7.65. The lowest BCUT2D eigenvalue weighted by Gasteiger charge is -2.24. The number of rotatable bonds is 7. The number of halogens is 1. The van der Waals surface area contributed by atoms with Crippen LogP contribution >= 0.6 is 15.9 Å². The summed E-state index contributed by atoms with van der Waals surface area (Å²) in [6.45, 7) is 3.64. The Bertz CT molecular complexity index is 940. The molecule has 8 heteroatoms. The zero-order valence-electron chi connectivity index (χ0n) is 16.6. The maximum absolute atomic E-state index is 12.6. The van der Waals surface area contributed by atoms with Crippen LogP contribution in [0.15, 0.2) is 57.9 Å². The van der Waals surface area contributed by atoms with Crippen molar-refractivity contribution in [3.63, 3.8) is 0 Å². The first kappa shape index (κ1) is 22.0.